The number of H-pyrrole nitrogens is 1. The van der Waals surface area contributed by atoms with E-state index in [0.717, 1.165) is 36.2 Å². The van der Waals surface area contributed by atoms with E-state index in [-0.39, 0.29) is 11.8 Å². The molecule has 26 heavy (non-hydrogen) atoms. The lowest BCUT2D eigenvalue weighted by Gasteiger charge is -2.22. The predicted octanol–water partition coefficient (Wildman–Crippen LogP) is 2.48. The molecule has 0 atom stereocenters. The Morgan fingerprint density at radius 2 is 1.65 bits per heavy atom. The maximum atomic E-state index is 12.7. The lowest BCUT2D eigenvalue weighted by Crippen LogP contribution is -2.38. The van der Waals surface area contributed by atoms with Gasteiger partial charge in [-0.1, -0.05) is 23.8 Å². The van der Waals surface area contributed by atoms with Gasteiger partial charge in [0.2, 0.25) is 11.8 Å². The number of benzene rings is 1. The quantitative estimate of drug-likeness (QED) is 0.918. The molecule has 2 amide bonds. The van der Waals surface area contributed by atoms with Gasteiger partial charge in [-0.25, -0.2) is 0 Å². The van der Waals surface area contributed by atoms with E-state index in [2.05, 4.69) is 23.2 Å². The van der Waals surface area contributed by atoms with Gasteiger partial charge in [0.1, 0.15) is 0 Å². The van der Waals surface area contributed by atoms with Gasteiger partial charge in [0.05, 0.1) is 12.8 Å². The van der Waals surface area contributed by atoms with Crippen molar-refractivity contribution in [1.82, 2.24) is 14.8 Å². The van der Waals surface area contributed by atoms with Crippen molar-refractivity contribution in [3.05, 3.63) is 58.9 Å². The summed E-state index contributed by atoms with van der Waals surface area (Å²) in [7, 11) is 0. The van der Waals surface area contributed by atoms with Crippen molar-refractivity contribution >= 4 is 11.8 Å². The molecule has 1 aromatic carbocycles. The Balaban J connectivity index is 1.56. The van der Waals surface area contributed by atoms with E-state index in [1.54, 1.807) is 0 Å². The number of rotatable bonds is 4. The number of carbonyl (C=O) groups excluding carboxylic acids is 2. The fraction of sp³-hybridized carbons (Fsp3) is 0.429. The second-order valence-corrected chi connectivity index (χ2v) is 7.12. The van der Waals surface area contributed by atoms with Gasteiger partial charge in [0.25, 0.3) is 0 Å². The van der Waals surface area contributed by atoms with E-state index in [0.29, 0.717) is 25.9 Å². The van der Waals surface area contributed by atoms with Gasteiger partial charge in [-0.15, -0.1) is 0 Å². The lowest BCUT2D eigenvalue weighted by molar-refractivity contribution is -0.132. The Hall–Kier alpha value is -2.56. The number of hydrogen-bond donors (Lipinski definition) is 1. The van der Waals surface area contributed by atoms with Crippen LogP contribution in [-0.4, -0.2) is 52.8 Å². The third-order valence-corrected chi connectivity index (χ3v) is 5.07. The lowest BCUT2D eigenvalue weighted by atomic mass is 10.0. The summed E-state index contributed by atoms with van der Waals surface area (Å²) < 4.78 is 0. The van der Waals surface area contributed by atoms with Crippen LogP contribution in [0.15, 0.2) is 36.7 Å². The Kier molecular flexibility index (Phi) is 5.76. The molecule has 138 valence electrons. The average molecular weight is 353 g/mol. The highest BCUT2D eigenvalue weighted by molar-refractivity contribution is 5.80. The zero-order chi connectivity index (χ0) is 18.5. The van der Waals surface area contributed by atoms with Crippen molar-refractivity contribution < 1.29 is 9.59 Å². The molecule has 1 fully saturated rings. The van der Waals surface area contributed by atoms with E-state index >= 15 is 0 Å². The number of aromatic amines is 1. The summed E-state index contributed by atoms with van der Waals surface area (Å²) >= 11 is 0. The van der Waals surface area contributed by atoms with Crippen molar-refractivity contribution in [2.45, 2.75) is 33.1 Å². The first-order chi connectivity index (χ1) is 12.5. The fourth-order valence-corrected chi connectivity index (χ4v) is 3.44. The highest BCUT2D eigenvalue weighted by atomic mass is 16.2. The summed E-state index contributed by atoms with van der Waals surface area (Å²) in [6.07, 6.45) is 5.37. The summed E-state index contributed by atoms with van der Waals surface area (Å²) in [5.41, 5.74) is 4.43. The molecule has 3 rings (SSSR count). The van der Waals surface area contributed by atoms with Crippen molar-refractivity contribution in [1.29, 1.82) is 0 Å². The van der Waals surface area contributed by atoms with Crippen LogP contribution < -0.4 is 0 Å². The molecular weight excluding hydrogens is 326 g/mol. The number of hydrogen-bond acceptors (Lipinski definition) is 2. The second-order valence-electron chi connectivity index (χ2n) is 7.12. The van der Waals surface area contributed by atoms with Gasteiger partial charge in [-0.05, 0) is 43.0 Å². The van der Waals surface area contributed by atoms with Crippen LogP contribution in [-0.2, 0) is 22.4 Å². The molecule has 1 aliphatic heterocycles. The van der Waals surface area contributed by atoms with E-state index < -0.39 is 0 Å². The summed E-state index contributed by atoms with van der Waals surface area (Å²) in [6.45, 7) is 6.76. The number of aromatic nitrogens is 1. The minimum Gasteiger partial charge on any atom is -0.367 e. The largest absolute Gasteiger partial charge is 0.367 e. The first kappa shape index (κ1) is 18.2. The highest BCUT2D eigenvalue weighted by Gasteiger charge is 2.22. The number of aryl methyl sites for hydroxylation is 2. The van der Waals surface area contributed by atoms with Crippen LogP contribution in [0.3, 0.4) is 0 Å². The standard InChI is InChI=1S/C21H27N3O2/c1-16-4-5-17(2)19(12-16)14-21(26)24-9-3-8-23(10-11-24)20(25)13-18-6-7-22-15-18/h4-7,12,15,22H,3,8-11,13-14H2,1-2H3. The number of carbonyl (C=O) groups is 2. The van der Waals surface area contributed by atoms with E-state index in [1.807, 2.05) is 42.1 Å². The number of nitrogens with zero attached hydrogens (tertiary/aromatic N) is 2. The summed E-state index contributed by atoms with van der Waals surface area (Å²) in [5, 5.41) is 0. The SMILES string of the molecule is Cc1ccc(C)c(CC(=O)N2CCCN(C(=O)Cc3cc[nH]c3)CC2)c1. The predicted molar refractivity (Wildman–Crippen MR) is 102 cm³/mol. The van der Waals surface area contributed by atoms with Crippen LogP contribution in [0, 0.1) is 13.8 Å². The normalized spacial score (nSPS) is 15.0. The van der Waals surface area contributed by atoms with Gasteiger partial charge >= 0.3 is 0 Å². The zero-order valence-corrected chi connectivity index (χ0v) is 15.6. The van der Waals surface area contributed by atoms with Gasteiger partial charge in [-0.3, -0.25) is 9.59 Å². The zero-order valence-electron chi connectivity index (χ0n) is 15.6. The van der Waals surface area contributed by atoms with Gasteiger partial charge < -0.3 is 14.8 Å². The maximum absolute atomic E-state index is 12.7. The number of amides is 2. The summed E-state index contributed by atoms with van der Waals surface area (Å²) in [4.78, 5) is 32.0. The van der Waals surface area contributed by atoms with Gasteiger partial charge in [0.15, 0.2) is 0 Å². The van der Waals surface area contributed by atoms with Crippen LogP contribution in [0.4, 0.5) is 0 Å². The molecule has 5 heteroatoms. The van der Waals surface area contributed by atoms with Gasteiger partial charge in [-0.2, -0.15) is 0 Å². The molecule has 1 aromatic heterocycles. The number of nitrogens with one attached hydrogen (secondary N) is 1. The van der Waals surface area contributed by atoms with Crippen LogP contribution >= 0.6 is 0 Å². The maximum Gasteiger partial charge on any atom is 0.227 e. The molecule has 1 aliphatic rings. The van der Waals surface area contributed by atoms with Gasteiger partial charge in [0, 0.05) is 38.6 Å². The van der Waals surface area contributed by atoms with E-state index in [4.69, 9.17) is 0 Å². The molecule has 0 aliphatic carbocycles. The first-order valence-corrected chi connectivity index (χ1v) is 9.26. The molecule has 2 heterocycles. The van der Waals surface area contributed by atoms with Crippen LogP contribution in [0.1, 0.15) is 28.7 Å². The van der Waals surface area contributed by atoms with E-state index in [1.165, 1.54) is 5.56 Å². The third-order valence-electron chi connectivity index (χ3n) is 5.07. The minimum atomic E-state index is 0.133. The molecule has 5 nitrogen and oxygen atoms in total. The molecule has 0 saturated carbocycles. The molecular formula is C21H27N3O2. The molecule has 1 N–H and O–H groups in total. The Morgan fingerprint density at radius 3 is 2.31 bits per heavy atom. The Bertz CT molecular complexity index is 768. The van der Waals surface area contributed by atoms with Crippen molar-refractivity contribution in [2.24, 2.45) is 0 Å². The Morgan fingerprint density at radius 1 is 0.962 bits per heavy atom. The Labute approximate surface area is 155 Å². The van der Waals surface area contributed by atoms with Crippen LogP contribution in [0.25, 0.3) is 0 Å². The topological polar surface area (TPSA) is 56.4 Å². The van der Waals surface area contributed by atoms with Crippen molar-refractivity contribution in [3.63, 3.8) is 0 Å². The molecule has 0 spiro atoms. The first-order valence-electron chi connectivity index (χ1n) is 9.26. The molecule has 0 bridgehead atoms. The molecule has 1 saturated heterocycles. The van der Waals surface area contributed by atoms with Crippen LogP contribution in [0.5, 0.6) is 0 Å². The second kappa shape index (κ2) is 8.21. The third kappa shape index (κ3) is 4.54. The molecule has 0 unspecified atom stereocenters. The fourth-order valence-electron chi connectivity index (χ4n) is 3.44. The van der Waals surface area contributed by atoms with Crippen LogP contribution in [0.2, 0.25) is 0 Å². The summed E-state index contributed by atoms with van der Waals surface area (Å²) in [6, 6.07) is 8.17. The molecule has 0 radical (unpaired) electrons. The van der Waals surface area contributed by atoms with Crippen molar-refractivity contribution in [3.8, 4) is 0 Å². The highest BCUT2D eigenvalue weighted by Crippen LogP contribution is 2.14. The summed E-state index contributed by atoms with van der Waals surface area (Å²) in [5.74, 6) is 0.284. The molecule has 2 aromatic rings. The monoisotopic (exact) mass is 353 g/mol. The average Bonchev–Trinajstić information content (AvgIpc) is 2.99. The minimum absolute atomic E-state index is 0.133. The van der Waals surface area contributed by atoms with Crippen molar-refractivity contribution in [2.75, 3.05) is 26.2 Å². The smallest absolute Gasteiger partial charge is 0.227 e. The van der Waals surface area contributed by atoms with E-state index in [9.17, 15) is 9.59 Å².